The lowest BCUT2D eigenvalue weighted by atomic mass is 9.90. The summed E-state index contributed by atoms with van der Waals surface area (Å²) in [6.07, 6.45) is 0.152. The topological polar surface area (TPSA) is 88.1 Å². The highest BCUT2D eigenvalue weighted by molar-refractivity contribution is 5.87. The minimum atomic E-state index is -1.71. The van der Waals surface area contributed by atoms with Crippen molar-refractivity contribution >= 4 is 12.1 Å². The smallest absolute Gasteiger partial charge is 0.408 e. The maximum absolute atomic E-state index is 13.0. The van der Waals surface area contributed by atoms with Crippen molar-refractivity contribution in [3.8, 4) is 0 Å². The van der Waals surface area contributed by atoms with Crippen molar-refractivity contribution in [1.82, 2.24) is 10.2 Å². The second-order valence-corrected chi connectivity index (χ2v) is 8.07. The van der Waals surface area contributed by atoms with Crippen LogP contribution in [0.4, 0.5) is 4.79 Å². The van der Waals surface area contributed by atoms with Crippen molar-refractivity contribution in [1.29, 1.82) is 0 Å². The molecule has 0 bridgehead atoms. The molecule has 7 nitrogen and oxygen atoms in total. The average molecular weight is 378 g/mol. The number of amides is 1. The summed E-state index contributed by atoms with van der Waals surface area (Å²) >= 11 is 0. The Morgan fingerprint density at radius 1 is 1.26 bits per heavy atom. The molecule has 0 aliphatic carbocycles. The van der Waals surface area contributed by atoms with E-state index in [9.17, 15) is 14.7 Å². The van der Waals surface area contributed by atoms with Gasteiger partial charge in [0.15, 0.2) is 5.54 Å². The molecule has 1 aromatic rings. The van der Waals surface area contributed by atoms with Crippen molar-refractivity contribution in [3.63, 3.8) is 0 Å². The number of nitrogens with one attached hydrogen (secondary N) is 1. The van der Waals surface area contributed by atoms with E-state index in [0.29, 0.717) is 5.56 Å². The second kappa shape index (κ2) is 8.71. The van der Waals surface area contributed by atoms with Crippen LogP contribution in [0.5, 0.6) is 0 Å². The second-order valence-electron chi connectivity index (χ2n) is 8.07. The minimum absolute atomic E-state index is 0.243. The first-order valence-electron chi connectivity index (χ1n) is 9.19. The summed E-state index contributed by atoms with van der Waals surface area (Å²) in [5.41, 5.74) is -2.01. The third kappa shape index (κ3) is 5.68. The van der Waals surface area contributed by atoms with Gasteiger partial charge in [0.05, 0.1) is 13.2 Å². The summed E-state index contributed by atoms with van der Waals surface area (Å²) in [6, 6.07) is 8.58. The molecule has 1 saturated heterocycles. The van der Waals surface area contributed by atoms with E-state index in [4.69, 9.17) is 9.47 Å². The summed E-state index contributed by atoms with van der Waals surface area (Å²) < 4.78 is 10.8. The van der Waals surface area contributed by atoms with Gasteiger partial charge in [0.2, 0.25) is 0 Å². The van der Waals surface area contributed by atoms with E-state index in [1.807, 2.05) is 7.05 Å². The van der Waals surface area contributed by atoms with Crippen LogP contribution < -0.4 is 5.32 Å². The number of aliphatic hydroxyl groups is 1. The Balaban J connectivity index is 2.20. The number of carbonyl (C=O) groups excluding carboxylic acids is 2. The van der Waals surface area contributed by atoms with E-state index in [1.54, 1.807) is 51.1 Å². The lowest BCUT2D eigenvalue weighted by molar-refractivity contribution is -0.155. The zero-order valence-electron chi connectivity index (χ0n) is 16.5. The van der Waals surface area contributed by atoms with E-state index < -0.39 is 29.8 Å². The molecule has 1 unspecified atom stereocenters. The van der Waals surface area contributed by atoms with Crippen LogP contribution in [0.2, 0.25) is 0 Å². The molecule has 1 aromatic carbocycles. The van der Waals surface area contributed by atoms with Crippen molar-refractivity contribution < 1.29 is 24.2 Å². The SMILES string of the molecule is CN1CC[C@@H](COC(=O)C(CO)(NC(=O)OC(C)(C)C)c2ccccc2)C1. The Morgan fingerprint density at radius 2 is 1.93 bits per heavy atom. The van der Waals surface area contributed by atoms with Crippen LogP contribution in [0.3, 0.4) is 0 Å². The lowest BCUT2D eigenvalue weighted by Gasteiger charge is -2.32. The molecular weight excluding hydrogens is 348 g/mol. The summed E-state index contributed by atoms with van der Waals surface area (Å²) in [6.45, 7) is 6.60. The Bertz CT molecular complexity index is 644. The number of benzene rings is 1. The normalized spacial score (nSPS) is 20.0. The van der Waals surface area contributed by atoms with Gasteiger partial charge in [-0.25, -0.2) is 9.59 Å². The first-order valence-corrected chi connectivity index (χ1v) is 9.19. The van der Waals surface area contributed by atoms with Crippen LogP contribution in [-0.2, 0) is 19.8 Å². The lowest BCUT2D eigenvalue weighted by Crippen LogP contribution is -2.56. The third-order valence-electron chi connectivity index (χ3n) is 4.51. The zero-order valence-corrected chi connectivity index (χ0v) is 16.5. The number of aliphatic hydroxyl groups excluding tert-OH is 1. The predicted octanol–water partition coefficient (Wildman–Crippen LogP) is 1.89. The number of hydrogen-bond acceptors (Lipinski definition) is 6. The van der Waals surface area contributed by atoms with Crippen LogP contribution in [0.1, 0.15) is 32.8 Å². The molecule has 1 amide bonds. The third-order valence-corrected chi connectivity index (χ3v) is 4.51. The van der Waals surface area contributed by atoms with Crippen molar-refractivity contribution in [2.24, 2.45) is 5.92 Å². The highest BCUT2D eigenvalue weighted by atomic mass is 16.6. The largest absolute Gasteiger partial charge is 0.463 e. The van der Waals surface area contributed by atoms with Crippen LogP contribution in [-0.4, -0.2) is 61.0 Å². The van der Waals surface area contributed by atoms with Gasteiger partial charge >= 0.3 is 12.1 Å². The van der Waals surface area contributed by atoms with E-state index in [0.717, 1.165) is 19.5 Å². The molecule has 0 radical (unpaired) electrons. The van der Waals surface area contributed by atoms with Crippen LogP contribution in [0.25, 0.3) is 0 Å². The van der Waals surface area contributed by atoms with Gasteiger partial charge in [-0.05, 0) is 46.3 Å². The molecule has 2 atom stereocenters. The Labute approximate surface area is 160 Å². The fourth-order valence-corrected chi connectivity index (χ4v) is 3.12. The average Bonchev–Trinajstić information content (AvgIpc) is 3.02. The zero-order chi connectivity index (χ0) is 20.1. The Kier molecular flexibility index (Phi) is 6.84. The molecule has 1 aliphatic heterocycles. The first-order chi connectivity index (χ1) is 12.7. The molecular formula is C20H30N2O5. The monoisotopic (exact) mass is 378 g/mol. The number of esters is 1. The number of likely N-dealkylation sites (tertiary alicyclic amines) is 1. The summed E-state index contributed by atoms with van der Waals surface area (Å²) in [4.78, 5) is 27.5. The highest BCUT2D eigenvalue weighted by Crippen LogP contribution is 2.25. The Hall–Kier alpha value is -2.12. The molecule has 0 aromatic heterocycles. The number of alkyl carbamates (subject to hydrolysis) is 1. The molecule has 150 valence electrons. The van der Waals surface area contributed by atoms with Gasteiger partial charge in [0, 0.05) is 12.5 Å². The Morgan fingerprint density at radius 3 is 2.44 bits per heavy atom. The molecule has 2 N–H and O–H groups in total. The predicted molar refractivity (Wildman–Crippen MR) is 101 cm³/mol. The summed E-state index contributed by atoms with van der Waals surface area (Å²) in [7, 11) is 2.02. The number of nitrogens with zero attached hydrogens (tertiary/aromatic N) is 1. The number of rotatable bonds is 6. The molecule has 1 heterocycles. The van der Waals surface area contributed by atoms with E-state index in [2.05, 4.69) is 10.2 Å². The number of carbonyl (C=O) groups is 2. The van der Waals surface area contributed by atoms with Crippen LogP contribution >= 0.6 is 0 Å². The molecule has 2 rings (SSSR count). The maximum Gasteiger partial charge on any atom is 0.408 e. The van der Waals surface area contributed by atoms with Gasteiger partial charge in [-0.15, -0.1) is 0 Å². The summed E-state index contributed by atoms with van der Waals surface area (Å²) in [5, 5.41) is 12.6. The molecule has 7 heteroatoms. The molecule has 0 saturated carbocycles. The fourth-order valence-electron chi connectivity index (χ4n) is 3.12. The quantitative estimate of drug-likeness (QED) is 0.735. The van der Waals surface area contributed by atoms with Gasteiger partial charge in [-0.2, -0.15) is 0 Å². The van der Waals surface area contributed by atoms with Crippen molar-refractivity contribution in [2.75, 3.05) is 33.4 Å². The van der Waals surface area contributed by atoms with E-state index in [-0.39, 0.29) is 12.5 Å². The number of hydrogen-bond donors (Lipinski definition) is 2. The minimum Gasteiger partial charge on any atom is -0.463 e. The first kappa shape index (κ1) is 21.2. The molecule has 0 spiro atoms. The van der Waals surface area contributed by atoms with Gasteiger partial charge in [0.25, 0.3) is 0 Å². The molecule has 1 fully saturated rings. The van der Waals surface area contributed by atoms with Gasteiger partial charge in [-0.1, -0.05) is 30.3 Å². The number of ether oxygens (including phenoxy) is 2. The van der Waals surface area contributed by atoms with Crippen molar-refractivity contribution in [2.45, 2.75) is 38.3 Å². The van der Waals surface area contributed by atoms with Gasteiger partial charge in [-0.3, -0.25) is 5.32 Å². The van der Waals surface area contributed by atoms with E-state index in [1.165, 1.54) is 0 Å². The van der Waals surface area contributed by atoms with Crippen LogP contribution in [0.15, 0.2) is 30.3 Å². The fraction of sp³-hybridized carbons (Fsp3) is 0.600. The molecule has 1 aliphatic rings. The summed E-state index contributed by atoms with van der Waals surface area (Å²) in [5.74, 6) is -0.454. The van der Waals surface area contributed by atoms with Gasteiger partial charge < -0.3 is 19.5 Å². The maximum atomic E-state index is 13.0. The van der Waals surface area contributed by atoms with Crippen LogP contribution in [0, 0.1) is 5.92 Å². The standard InChI is InChI=1S/C20H30N2O5/c1-19(2,3)27-18(25)21-20(14-23,16-8-6-5-7-9-16)17(24)26-13-15-10-11-22(4)12-15/h5-9,15,23H,10-14H2,1-4H3,(H,21,25)/t15-,20?/m1/s1. The highest BCUT2D eigenvalue weighted by Gasteiger charge is 2.44. The van der Waals surface area contributed by atoms with Crippen molar-refractivity contribution in [3.05, 3.63) is 35.9 Å². The molecule has 27 heavy (non-hydrogen) atoms. The van der Waals surface area contributed by atoms with E-state index >= 15 is 0 Å². The van der Waals surface area contributed by atoms with Gasteiger partial charge in [0.1, 0.15) is 5.60 Å².